The normalized spacial score (nSPS) is 20.0. The second kappa shape index (κ2) is 15.0. The third-order valence-electron chi connectivity index (χ3n) is 8.52. The Hall–Kier alpha value is -4.45. The van der Waals surface area contributed by atoms with E-state index in [0.717, 1.165) is 11.1 Å². The summed E-state index contributed by atoms with van der Waals surface area (Å²) in [5, 5.41) is 24.8. The van der Waals surface area contributed by atoms with E-state index in [-0.39, 0.29) is 31.1 Å². The summed E-state index contributed by atoms with van der Waals surface area (Å²) in [6.45, 7) is 4.18. The van der Waals surface area contributed by atoms with Crippen LogP contribution in [-0.2, 0) is 36.8 Å². The lowest BCUT2D eigenvalue weighted by atomic mass is 10.00. The predicted octanol–water partition coefficient (Wildman–Crippen LogP) is 1.20. The van der Waals surface area contributed by atoms with Crippen LogP contribution in [-0.4, -0.2) is 92.9 Å². The maximum Gasteiger partial charge on any atom is 0.326 e. The van der Waals surface area contributed by atoms with Gasteiger partial charge < -0.3 is 36.4 Å². The number of carboxylic acids is 1. The Morgan fingerprint density at radius 2 is 1.40 bits per heavy atom. The molecule has 0 aliphatic carbocycles. The number of carboxylic acid groups (broad SMARTS) is 1. The third-order valence-corrected chi connectivity index (χ3v) is 8.52. The summed E-state index contributed by atoms with van der Waals surface area (Å²) in [5.74, 6) is -3.18. The van der Waals surface area contributed by atoms with Crippen molar-refractivity contribution in [1.82, 2.24) is 20.4 Å². The average Bonchev–Trinajstić information content (AvgIpc) is 3.71. The molecular weight excluding hydrogens is 578 g/mol. The first kappa shape index (κ1) is 33.4. The van der Waals surface area contributed by atoms with Gasteiger partial charge in [0.15, 0.2) is 0 Å². The van der Waals surface area contributed by atoms with E-state index in [1.54, 1.807) is 26.0 Å². The number of phenols is 1. The fourth-order valence-corrected chi connectivity index (χ4v) is 6.04. The summed E-state index contributed by atoms with van der Waals surface area (Å²) in [4.78, 5) is 68.8. The monoisotopic (exact) mass is 621 g/mol. The van der Waals surface area contributed by atoms with Gasteiger partial charge in [0.2, 0.25) is 23.6 Å². The zero-order valence-corrected chi connectivity index (χ0v) is 25.7. The Kier molecular flexibility index (Phi) is 11.2. The van der Waals surface area contributed by atoms with Gasteiger partial charge in [0.05, 0.1) is 6.04 Å². The van der Waals surface area contributed by atoms with Crippen molar-refractivity contribution in [3.63, 3.8) is 0 Å². The fraction of sp³-hybridized carbons (Fsp3) is 0.485. The second-order valence-corrected chi connectivity index (χ2v) is 12.2. The van der Waals surface area contributed by atoms with Crippen molar-refractivity contribution >= 4 is 29.6 Å². The maximum atomic E-state index is 13.8. The van der Waals surface area contributed by atoms with Crippen LogP contribution in [0, 0.1) is 5.92 Å². The summed E-state index contributed by atoms with van der Waals surface area (Å²) in [5.41, 5.74) is 7.71. The molecule has 12 heteroatoms. The van der Waals surface area contributed by atoms with Crippen LogP contribution in [0.4, 0.5) is 0 Å². The second-order valence-electron chi connectivity index (χ2n) is 12.2. The zero-order chi connectivity index (χ0) is 32.7. The third kappa shape index (κ3) is 8.39. The molecule has 2 saturated heterocycles. The summed E-state index contributed by atoms with van der Waals surface area (Å²) >= 11 is 0. The van der Waals surface area contributed by atoms with Crippen molar-refractivity contribution in [3.05, 3.63) is 65.7 Å². The van der Waals surface area contributed by atoms with Crippen molar-refractivity contribution < 1.29 is 34.2 Å². The van der Waals surface area contributed by atoms with Gasteiger partial charge in [-0.2, -0.15) is 0 Å². The first-order chi connectivity index (χ1) is 21.5. The molecule has 2 aromatic rings. The SMILES string of the molecule is CC(C)[C@H](NC(=O)[C@@H](N)Cc1ccc(O)cc1)C(=O)N1CCC[C@H]1C(=O)N[C@@H](Cc1ccccc1)C(=O)N1CCC[C@H]1C(=O)O. The molecule has 0 bridgehead atoms. The van der Waals surface area contributed by atoms with Crippen LogP contribution in [0.3, 0.4) is 0 Å². The lowest BCUT2D eigenvalue weighted by Gasteiger charge is -2.32. The topological polar surface area (TPSA) is 182 Å². The molecule has 2 aromatic carbocycles. The molecule has 12 nitrogen and oxygen atoms in total. The van der Waals surface area contributed by atoms with Gasteiger partial charge in [-0.15, -0.1) is 0 Å². The number of amides is 4. The maximum absolute atomic E-state index is 13.8. The number of likely N-dealkylation sites (tertiary alicyclic amines) is 2. The smallest absolute Gasteiger partial charge is 0.326 e. The summed E-state index contributed by atoms with van der Waals surface area (Å²) in [6.07, 6.45) is 2.21. The van der Waals surface area contributed by atoms with Crippen LogP contribution in [0.25, 0.3) is 0 Å². The molecular formula is C33H43N5O7. The van der Waals surface area contributed by atoms with E-state index >= 15 is 0 Å². The molecule has 4 amide bonds. The number of carbonyl (C=O) groups excluding carboxylic acids is 4. The number of rotatable bonds is 12. The van der Waals surface area contributed by atoms with Crippen LogP contribution in [0.15, 0.2) is 54.6 Å². The number of nitrogens with one attached hydrogen (secondary N) is 2. The number of hydrogen-bond acceptors (Lipinski definition) is 7. The summed E-state index contributed by atoms with van der Waals surface area (Å²) < 4.78 is 0. The highest BCUT2D eigenvalue weighted by atomic mass is 16.4. The first-order valence-corrected chi connectivity index (χ1v) is 15.5. The molecule has 6 N–H and O–H groups in total. The van der Waals surface area contributed by atoms with Gasteiger partial charge in [-0.3, -0.25) is 19.2 Å². The van der Waals surface area contributed by atoms with Gasteiger partial charge in [0.1, 0.15) is 29.9 Å². The predicted molar refractivity (Wildman–Crippen MR) is 166 cm³/mol. The summed E-state index contributed by atoms with van der Waals surface area (Å²) in [7, 11) is 0. The van der Waals surface area contributed by atoms with Gasteiger partial charge in [-0.05, 0) is 61.3 Å². The molecule has 2 fully saturated rings. The lowest BCUT2D eigenvalue weighted by molar-refractivity contribution is -0.149. The van der Waals surface area contributed by atoms with E-state index in [4.69, 9.17) is 5.73 Å². The molecule has 5 atom stereocenters. The van der Waals surface area contributed by atoms with E-state index in [9.17, 15) is 34.2 Å². The van der Waals surface area contributed by atoms with Crippen LogP contribution in [0.1, 0.15) is 50.7 Å². The standard InChI is InChI=1S/C33H43N5O7/c1-20(2)28(36-29(40)24(34)18-22-12-14-23(39)15-13-22)32(43)37-16-6-10-26(37)30(41)35-25(19-21-8-4-3-5-9-21)31(42)38-17-7-11-27(38)33(44)45/h3-5,8-9,12-15,20,24-28,39H,6-7,10-11,16-19,34H2,1-2H3,(H,35,41)(H,36,40)(H,44,45)/t24-,25-,26-,27-,28-/m0/s1. The van der Waals surface area contributed by atoms with E-state index < -0.39 is 59.8 Å². The minimum absolute atomic E-state index is 0.0997. The van der Waals surface area contributed by atoms with Gasteiger partial charge >= 0.3 is 5.97 Å². The molecule has 2 aliphatic rings. The van der Waals surface area contributed by atoms with E-state index in [1.165, 1.54) is 21.9 Å². The Labute approximate surface area is 262 Å². The van der Waals surface area contributed by atoms with E-state index in [1.807, 2.05) is 30.3 Å². The van der Waals surface area contributed by atoms with Crippen molar-refractivity contribution in [1.29, 1.82) is 0 Å². The number of aromatic hydroxyl groups is 1. The molecule has 2 aliphatic heterocycles. The Bertz CT molecular complexity index is 1370. The lowest BCUT2D eigenvalue weighted by Crippen LogP contribution is -2.59. The number of phenolic OH excluding ortho intramolecular Hbond substituents is 1. The largest absolute Gasteiger partial charge is 0.508 e. The van der Waals surface area contributed by atoms with Crippen LogP contribution in [0.2, 0.25) is 0 Å². The highest BCUT2D eigenvalue weighted by Crippen LogP contribution is 2.23. The Morgan fingerprint density at radius 3 is 2.00 bits per heavy atom. The van der Waals surface area contributed by atoms with Crippen molar-refractivity contribution in [2.45, 2.75) is 82.6 Å². The highest BCUT2D eigenvalue weighted by molar-refractivity contribution is 5.96. The number of nitrogens with two attached hydrogens (primary N) is 1. The molecule has 242 valence electrons. The molecule has 0 spiro atoms. The van der Waals surface area contributed by atoms with Gasteiger partial charge in [-0.1, -0.05) is 56.3 Å². The van der Waals surface area contributed by atoms with Crippen molar-refractivity contribution in [2.75, 3.05) is 13.1 Å². The van der Waals surface area contributed by atoms with E-state index in [2.05, 4.69) is 10.6 Å². The summed E-state index contributed by atoms with van der Waals surface area (Å²) in [6, 6.07) is 10.8. The van der Waals surface area contributed by atoms with Crippen LogP contribution in [0.5, 0.6) is 5.75 Å². The molecule has 0 unspecified atom stereocenters. The quantitative estimate of drug-likeness (QED) is 0.234. The molecule has 0 aromatic heterocycles. The van der Waals surface area contributed by atoms with Crippen molar-refractivity contribution in [3.8, 4) is 5.75 Å². The van der Waals surface area contributed by atoms with Crippen molar-refractivity contribution in [2.24, 2.45) is 11.7 Å². The highest BCUT2D eigenvalue weighted by Gasteiger charge is 2.42. The Balaban J connectivity index is 1.46. The minimum atomic E-state index is -1.08. The number of benzene rings is 2. The molecule has 45 heavy (non-hydrogen) atoms. The first-order valence-electron chi connectivity index (χ1n) is 15.5. The Morgan fingerprint density at radius 1 is 0.822 bits per heavy atom. The number of aliphatic carboxylic acids is 1. The zero-order valence-electron chi connectivity index (χ0n) is 25.7. The number of nitrogens with zero attached hydrogens (tertiary/aromatic N) is 2. The van der Waals surface area contributed by atoms with Gasteiger partial charge in [0.25, 0.3) is 0 Å². The minimum Gasteiger partial charge on any atom is -0.508 e. The van der Waals surface area contributed by atoms with Crippen LogP contribution < -0.4 is 16.4 Å². The number of hydrogen-bond donors (Lipinski definition) is 5. The van der Waals surface area contributed by atoms with Gasteiger partial charge in [0, 0.05) is 19.5 Å². The average molecular weight is 622 g/mol. The fourth-order valence-electron chi connectivity index (χ4n) is 6.04. The molecule has 0 saturated carbocycles. The van der Waals surface area contributed by atoms with Gasteiger partial charge in [-0.25, -0.2) is 4.79 Å². The number of carbonyl (C=O) groups is 5. The molecule has 2 heterocycles. The van der Waals surface area contributed by atoms with Crippen LogP contribution >= 0.6 is 0 Å². The molecule has 4 rings (SSSR count). The molecule has 0 radical (unpaired) electrons. The van der Waals surface area contributed by atoms with E-state index in [0.29, 0.717) is 32.2 Å².